The van der Waals surface area contributed by atoms with Gasteiger partial charge in [-0.1, -0.05) is 0 Å². The highest BCUT2D eigenvalue weighted by molar-refractivity contribution is 5.47. The monoisotopic (exact) mass is 196 g/mol. The van der Waals surface area contributed by atoms with Crippen LogP contribution >= 0.6 is 0 Å². The Kier molecular flexibility index (Phi) is 1.86. The highest BCUT2D eigenvalue weighted by Crippen LogP contribution is 2.35. The van der Waals surface area contributed by atoms with E-state index >= 15 is 0 Å². The van der Waals surface area contributed by atoms with Crippen LogP contribution in [-0.4, -0.2) is 6.61 Å². The van der Waals surface area contributed by atoms with Crippen LogP contribution in [0.4, 0.5) is 8.78 Å². The lowest BCUT2D eigenvalue weighted by Gasteiger charge is -2.03. The van der Waals surface area contributed by atoms with Crippen molar-refractivity contribution >= 4 is 0 Å². The van der Waals surface area contributed by atoms with Gasteiger partial charge in [-0.2, -0.15) is 9.65 Å². The highest BCUT2D eigenvalue weighted by atomic mass is 19.2. The summed E-state index contributed by atoms with van der Waals surface area (Å²) >= 11 is 0. The number of hydrogen-bond acceptors (Lipinski definition) is 3. The molecule has 5 heteroatoms. The van der Waals surface area contributed by atoms with Gasteiger partial charge >= 0.3 is 0 Å². The Morgan fingerprint density at radius 1 is 1.50 bits per heavy atom. The first-order valence-corrected chi connectivity index (χ1v) is 3.95. The van der Waals surface area contributed by atoms with Crippen molar-refractivity contribution in [2.75, 3.05) is 6.61 Å². The van der Waals surface area contributed by atoms with Gasteiger partial charge in [-0.25, -0.2) is 4.39 Å². The molecule has 0 saturated carbocycles. The molecule has 1 atom stereocenters. The van der Waals surface area contributed by atoms with E-state index in [1.807, 2.05) is 0 Å². The largest absolute Gasteiger partial charge is 0.488 e. The molecule has 0 saturated heterocycles. The molecule has 0 amide bonds. The van der Waals surface area contributed by atoms with Gasteiger partial charge < -0.3 is 10.5 Å². The average Bonchev–Trinajstić information content (AvgIpc) is 2.54. The Morgan fingerprint density at radius 2 is 2.21 bits per heavy atom. The summed E-state index contributed by atoms with van der Waals surface area (Å²) in [5, 5.41) is 8.52. The molecule has 1 heterocycles. The molecule has 72 valence electrons. The zero-order valence-corrected chi connectivity index (χ0v) is 7.05. The first-order valence-electron chi connectivity index (χ1n) is 3.95. The maximum atomic E-state index is 13.2. The molecule has 2 rings (SSSR count). The summed E-state index contributed by atoms with van der Waals surface area (Å²) in [6.07, 6.45) is 0. The number of ether oxygens (including phenoxy) is 1. The summed E-state index contributed by atoms with van der Waals surface area (Å²) < 4.78 is 31.2. The van der Waals surface area contributed by atoms with Crippen molar-refractivity contribution in [3.05, 3.63) is 28.8 Å². The first-order chi connectivity index (χ1) is 6.65. The van der Waals surface area contributed by atoms with Crippen LogP contribution in [0, 0.1) is 23.0 Å². The molecule has 1 aromatic carbocycles. The predicted octanol–water partition coefficient (Wildman–Crippen LogP) is 1.23. The standard InChI is InChI=1S/C9H6F2N2O/c10-7-4(2-12)1-5-6(13)3-14-9(5)8(7)11/h1,6H,3,13H2/t6-/m1/s1. The Morgan fingerprint density at radius 3 is 2.86 bits per heavy atom. The summed E-state index contributed by atoms with van der Waals surface area (Å²) in [4.78, 5) is 0. The van der Waals surface area contributed by atoms with Crippen LogP contribution in [0.15, 0.2) is 6.07 Å². The second kappa shape index (κ2) is 2.93. The minimum absolute atomic E-state index is 0.112. The van der Waals surface area contributed by atoms with Crippen LogP contribution in [0.25, 0.3) is 0 Å². The molecule has 0 unspecified atom stereocenters. The molecule has 0 aliphatic carbocycles. The van der Waals surface area contributed by atoms with E-state index in [1.165, 1.54) is 6.07 Å². The quantitative estimate of drug-likeness (QED) is 0.678. The fourth-order valence-electron chi connectivity index (χ4n) is 1.40. The Bertz CT molecular complexity index is 439. The molecule has 0 bridgehead atoms. The molecule has 0 fully saturated rings. The first kappa shape index (κ1) is 8.91. The lowest BCUT2D eigenvalue weighted by atomic mass is 10.1. The number of fused-ring (bicyclic) bond motifs is 1. The average molecular weight is 196 g/mol. The predicted molar refractivity (Wildman–Crippen MR) is 43.5 cm³/mol. The van der Waals surface area contributed by atoms with Gasteiger partial charge in [-0.15, -0.1) is 0 Å². The van der Waals surface area contributed by atoms with Crippen molar-refractivity contribution in [1.29, 1.82) is 5.26 Å². The van der Waals surface area contributed by atoms with E-state index in [-0.39, 0.29) is 17.9 Å². The van der Waals surface area contributed by atoms with Gasteiger partial charge in [0, 0.05) is 5.56 Å². The summed E-state index contributed by atoms with van der Waals surface area (Å²) in [6.45, 7) is 0.112. The van der Waals surface area contributed by atoms with Gasteiger partial charge in [-0.05, 0) is 6.07 Å². The molecule has 2 N–H and O–H groups in total. The molecule has 14 heavy (non-hydrogen) atoms. The Balaban J connectivity index is 2.70. The number of nitrogens with two attached hydrogens (primary N) is 1. The minimum Gasteiger partial charge on any atom is -0.488 e. The van der Waals surface area contributed by atoms with Crippen LogP contribution in [0.1, 0.15) is 17.2 Å². The topological polar surface area (TPSA) is 59.0 Å². The maximum absolute atomic E-state index is 13.2. The molecule has 0 aromatic heterocycles. The number of nitrogens with zero attached hydrogens (tertiary/aromatic N) is 1. The van der Waals surface area contributed by atoms with E-state index in [0.29, 0.717) is 5.56 Å². The van der Waals surface area contributed by atoms with Crippen molar-refractivity contribution in [2.24, 2.45) is 5.73 Å². The number of benzene rings is 1. The number of nitriles is 1. The third-order valence-corrected chi connectivity index (χ3v) is 2.12. The normalized spacial score (nSPS) is 18.6. The van der Waals surface area contributed by atoms with E-state index in [4.69, 9.17) is 15.7 Å². The molecule has 1 aliphatic rings. The van der Waals surface area contributed by atoms with Gasteiger partial charge in [0.2, 0.25) is 5.82 Å². The van der Waals surface area contributed by atoms with Crippen LogP contribution in [-0.2, 0) is 0 Å². The van der Waals surface area contributed by atoms with E-state index in [9.17, 15) is 8.78 Å². The summed E-state index contributed by atoms with van der Waals surface area (Å²) in [6, 6.07) is 2.29. The summed E-state index contributed by atoms with van der Waals surface area (Å²) in [5.41, 5.74) is 5.57. The molecule has 0 radical (unpaired) electrons. The lowest BCUT2D eigenvalue weighted by Crippen LogP contribution is -2.10. The zero-order chi connectivity index (χ0) is 10.3. The highest BCUT2D eigenvalue weighted by Gasteiger charge is 2.28. The number of halogens is 2. The third kappa shape index (κ3) is 1.05. The molecule has 3 nitrogen and oxygen atoms in total. The van der Waals surface area contributed by atoms with Gasteiger partial charge in [0.15, 0.2) is 11.6 Å². The zero-order valence-electron chi connectivity index (χ0n) is 7.05. The fraction of sp³-hybridized carbons (Fsp3) is 0.222. The second-order valence-electron chi connectivity index (χ2n) is 3.00. The van der Waals surface area contributed by atoms with Crippen LogP contribution in [0.5, 0.6) is 5.75 Å². The van der Waals surface area contributed by atoms with E-state index in [2.05, 4.69) is 0 Å². The van der Waals surface area contributed by atoms with Gasteiger partial charge in [0.1, 0.15) is 12.7 Å². The van der Waals surface area contributed by atoms with Crippen molar-refractivity contribution in [1.82, 2.24) is 0 Å². The van der Waals surface area contributed by atoms with E-state index in [0.717, 1.165) is 0 Å². The van der Waals surface area contributed by atoms with Crippen molar-refractivity contribution in [2.45, 2.75) is 6.04 Å². The Labute approximate surface area is 78.7 Å². The molecular weight excluding hydrogens is 190 g/mol. The SMILES string of the molecule is N#Cc1cc2c(c(F)c1F)OC[C@H]2N. The third-order valence-electron chi connectivity index (χ3n) is 2.12. The smallest absolute Gasteiger partial charge is 0.202 e. The second-order valence-corrected chi connectivity index (χ2v) is 3.00. The van der Waals surface area contributed by atoms with Gasteiger partial charge in [0.05, 0.1) is 11.6 Å². The summed E-state index contributed by atoms with van der Waals surface area (Å²) in [7, 11) is 0. The van der Waals surface area contributed by atoms with Crippen molar-refractivity contribution in [3.63, 3.8) is 0 Å². The lowest BCUT2D eigenvalue weighted by molar-refractivity contribution is 0.314. The molecule has 1 aromatic rings. The number of rotatable bonds is 0. The molecule has 0 spiro atoms. The minimum atomic E-state index is -1.18. The van der Waals surface area contributed by atoms with Gasteiger partial charge in [-0.3, -0.25) is 0 Å². The maximum Gasteiger partial charge on any atom is 0.202 e. The van der Waals surface area contributed by atoms with Crippen molar-refractivity contribution in [3.8, 4) is 11.8 Å². The van der Waals surface area contributed by atoms with Crippen molar-refractivity contribution < 1.29 is 13.5 Å². The van der Waals surface area contributed by atoms with E-state index < -0.39 is 17.7 Å². The molecular formula is C9H6F2N2O. The fourth-order valence-corrected chi connectivity index (χ4v) is 1.40. The van der Waals surface area contributed by atoms with Gasteiger partial charge in [0.25, 0.3) is 0 Å². The van der Waals surface area contributed by atoms with Crippen LogP contribution in [0.3, 0.4) is 0 Å². The molecule has 1 aliphatic heterocycles. The Hall–Kier alpha value is -1.67. The number of hydrogen-bond donors (Lipinski definition) is 1. The van der Waals surface area contributed by atoms with Crippen LogP contribution < -0.4 is 10.5 Å². The summed E-state index contributed by atoms with van der Waals surface area (Å²) in [5.74, 6) is -2.48. The van der Waals surface area contributed by atoms with E-state index in [1.54, 1.807) is 6.07 Å². The van der Waals surface area contributed by atoms with Crippen LogP contribution in [0.2, 0.25) is 0 Å².